The molecule has 9 heteroatoms. The number of carbonyl (C=O) groups excluding carboxylic acids is 1. The molecule has 0 aliphatic carbocycles. The summed E-state index contributed by atoms with van der Waals surface area (Å²) in [6.45, 7) is 2.56. The van der Waals surface area contributed by atoms with Crippen LogP contribution < -0.4 is 15.6 Å². The molecule has 1 aliphatic rings. The molecule has 0 radical (unpaired) electrons. The van der Waals surface area contributed by atoms with Crippen LogP contribution in [-0.2, 0) is 4.74 Å². The highest BCUT2D eigenvalue weighted by molar-refractivity contribution is 6.33. The van der Waals surface area contributed by atoms with Crippen molar-refractivity contribution < 1.29 is 13.9 Å². The van der Waals surface area contributed by atoms with Gasteiger partial charge in [0.05, 0.1) is 41.7 Å². The molecule has 5 rings (SSSR count). The SMILES string of the molecule is O=C(Nc1cccc2c(=O)cc(-c3ccccc3Cl)oc12)c1cncc(N2CCOCC2)n1. The minimum atomic E-state index is -0.462. The van der Waals surface area contributed by atoms with E-state index in [1.54, 1.807) is 48.7 Å². The van der Waals surface area contributed by atoms with Crippen molar-refractivity contribution in [1.82, 2.24) is 9.97 Å². The van der Waals surface area contributed by atoms with E-state index in [4.69, 9.17) is 20.8 Å². The number of nitrogens with one attached hydrogen (secondary N) is 1. The number of amides is 1. The van der Waals surface area contributed by atoms with Crippen LogP contribution in [-0.4, -0.2) is 42.2 Å². The Morgan fingerprint density at radius 1 is 1.06 bits per heavy atom. The predicted molar refractivity (Wildman–Crippen MR) is 126 cm³/mol. The Hall–Kier alpha value is -3.75. The number of hydrogen-bond acceptors (Lipinski definition) is 7. The second-order valence-corrected chi connectivity index (χ2v) is 7.86. The van der Waals surface area contributed by atoms with E-state index in [0.29, 0.717) is 59.5 Å². The lowest BCUT2D eigenvalue weighted by molar-refractivity contribution is 0.102. The molecule has 33 heavy (non-hydrogen) atoms. The molecule has 0 bridgehead atoms. The van der Waals surface area contributed by atoms with E-state index in [1.807, 2.05) is 4.90 Å². The highest BCUT2D eigenvalue weighted by Crippen LogP contribution is 2.31. The Morgan fingerprint density at radius 2 is 1.88 bits per heavy atom. The molecular weight excluding hydrogens is 444 g/mol. The van der Waals surface area contributed by atoms with E-state index in [2.05, 4.69) is 15.3 Å². The standard InChI is InChI=1S/C24H19ClN4O4/c25-17-6-2-1-4-15(17)21-12-20(30)16-5-3-7-18(23(16)33-21)28-24(31)19-13-26-14-22(27-19)29-8-10-32-11-9-29/h1-7,12-14H,8-11H2,(H,28,31). The highest BCUT2D eigenvalue weighted by Gasteiger charge is 2.18. The summed E-state index contributed by atoms with van der Waals surface area (Å²) in [4.78, 5) is 36.4. The van der Waals surface area contributed by atoms with E-state index in [0.717, 1.165) is 0 Å². The van der Waals surface area contributed by atoms with Gasteiger partial charge < -0.3 is 19.4 Å². The van der Waals surface area contributed by atoms with Gasteiger partial charge in [0.25, 0.3) is 5.91 Å². The average Bonchev–Trinajstić information content (AvgIpc) is 2.85. The molecule has 2 aromatic heterocycles. The molecule has 166 valence electrons. The Labute approximate surface area is 193 Å². The smallest absolute Gasteiger partial charge is 0.276 e. The predicted octanol–water partition coefficient (Wildman–Crippen LogP) is 3.99. The molecule has 0 unspecified atom stereocenters. The minimum Gasteiger partial charge on any atom is -0.454 e. The molecule has 3 heterocycles. The van der Waals surface area contributed by atoms with Gasteiger partial charge in [-0.3, -0.25) is 14.6 Å². The lowest BCUT2D eigenvalue weighted by Gasteiger charge is -2.27. The number of nitrogens with zero attached hydrogens (tertiary/aromatic N) is 3. The van der Waals surface area contributed by atoms with Gasteiger partial charge >= 0.3 is 0 Å². The molecule has 1 fully saturated rings. The molecule has 0 spiro atoms. The Balaban J connectivity index is 1.50. The summed E-state index contributed by atoms with van der Waals surface area (Å²) in [7, 11) is 0. The molecular formula is C24H19ClN4O4. The number of rotatable bonds is 4. The monoisotopic (exact) mass is 462 g/mol. The quantitative estimate of drug-likeness (QED) is 0.489. The largest absolute Gasteiger partial charge is 0.454 e. The number of benzene rings is 2. The summed E-state index contributed by atoms with van der Waals surface area (Å²) in [5.41, 5.74) is 1.10. The van der Waals surface area contributed by atoms with Crippen LogP contribution in [0.2, 0.25) is 5.02 Å². The number of halogens is 1. The molecule has 8 nitrogen and oxygen atoms in total. The molecule has 1 N–H and O–H groups in total. The summed E-state index contributed by atoms with van der Waals surface area (Å²) >= 11 is 6.29. The Kier molecular flexibility index (Phi) is 5.77. The van der Waals surface area contributed by atoms with E-state index in [-0.39, 0.29) is 16.7 Å². The van der Waals surface area contributed by atoms with Crippen molar-refractivity contribution >= 4 is 40.0 Å². The topological polar surface area (TPSA) is 97.6 Å². The van der Waals surface area contributed by atoms with Crippen molar-refractivity contribution in [1.29, 1.82) is 0 Å². The van der Waals surface area contributed by atoms with Crippen LogP contribution in [0, 0.1) is 0 Å². The fraction of sp³-hybridized carbons (Fsp3) is 0.167. The maximum absolute atomic E-state index is 13.0. The van der Waals surface area contributed by atoms with Crippen molar-refractivity contribution in [2.75, 3.05) is 36.5 Å². The molecule has 4 aromatic rings. The number of fused-ring (bicyclic) bond motifs is 1. The fourth-order valence-electron chi connectivity index (χ4n) is 3.67. The van der Waals surface area contributed by atoms with Crippen LogP contribution in [0.25, 0.3) is 22.3 Å². The third-order valence-electron chi connectivity index (χ3n) is 5.33. The summed E-state index contributed by atoms with van der Waals surface area (Å²) < 4.78 is 11.4. The molecule has 0 atom stereocenters. The van der Waals surface area contributed by atoms with Crippen LogP contribution in [0.5, 0.6) is 0 Å². The number of aromatic nitrogens is 2. The van der Waals surface area contributed by atoms with Crippen LogP contribution in [0.4, 0.5) is 11.5 Å². The highest BCUT2D eigenvalue weighted by atomic mass is 35.5. The van der Waals surface area contributed by atoms with E-state index in [1.165, 1.54) is 12.3 Å². The van der Waals surface area contributed by atoms with Gasteiger partial charge in [-0.05, 0) is 24.3 Å². The van der Waals surface area contributed by atoms with Gasteiger partial charge in [0.15, 0.2) is 11.0 Å². The fourth-order valence-corrected chi connectivity index (χ4v) is 3.89. The second kappa shape index (κ2) is 9.01. The number of morpholine rings is 1. The van der Waals surface area contributed by atoms with Crippen LogP contribution in [0.1, 0.15) is 10.5 Å². The Bertz CT molecular complexity index is 1400. The summed E-state index contributed by atoms with van der Waals surface area (Å²) in [6, 6.07) is 13.5. The van der Waals surface area contributed by atoms with E-state index < -0.39 is 5.91 Å². The first-order valence-corrected chi connectivity index (χ1v) is 10.8. The molecule has 0 saturated carbocycles. The van der Waals surface area contributed by atoms with Crippen molar-refractivity contribution in [3.8, 4) is 11.3 Å². The average molecular weight is 463 g/mol. The first kappa shape index (κ1) is 21.1. The number of hydrogen-bond donors (Lipinski definition) is 1. The van der Waals surface area contributed by atoms with E-state index in [9.17, 15) is 9.59 Å². The van der Waals surface area contributed by atoms with Crippen molar-refractivity contribution in [3.63, 3.8) is 0 Å². The van der Waals surface area contributed by atoms with Crippen molar-refractivity contribution in [2.24, 2.45) is 0 Å². The maximum Gasteiger partial charge on any atom is 0.276 e. The van der Waals surface area contributed by atoms with Gasteiger partial charge in [0.1, 0.15) is 17.3 Å². The third-order valence-corrected chi connectivity index (χ3v) is 5.66. The van der Waals surface area contributed by atoms with Crippen LogP contribution in [0.3, 0.4) is 0 Å². The first-order chi connectivity index (χ1) is 16.1. The summed E-state index contributed by atoms with van der Waals surface area (Å²) in [5, 5.41) is 3.60. The molecule has 1 amide bonds. The van der Waals surface area contributed by atoms with Crippen molar-refractivity contribution in [2.45, 2.75) is 0 Å². The van der Waals surface area contributed by atoms with E-state index >= 15 is 0 Å². The maximum atomic E-state index is 13.0. The first-order valence-electron chi connectivity index (χ1n) is 10.4. The zero-order valence-corrected chi connectivity index (χ0v) is 18.2. The zero-order valence-electron chi connectivity index (χ0n) is 17.5. The lowest BCUT2D eigenvalue weighted by Crippen LogP contribution is -2.37. The van der Waals surface area contributed by atoms with Gasteiger partial charge in [-0.1, -0.05) is 29.8 Å². The normalized spacial score (nSPS) is 13.8. The van der Waals surface area contributed by atoms with Gasteiger partial charge in [0, 0.05) is 24.7 Å². The number of carbonyl (C=O) groups is 1. The zero-order chi connectivity index (χ0) is 22.8. The number of ether oxygens (including phenoxy) is 1. The van der Waals surface area contributed by atoms with Crippen molar-refractivity contribution in [3.05, 3.63) is 81.9 Å². The third kappa shape index (κ3) is 4.30. The minimum absolute atomic E-state index is 0.153. The summed E-state index contributed by atoms with van der Waals surface area (Å²) in [6.07, 6.45) is 3.02. The van der Waals surface area contributed by atoms with Crippen LogP contribution in [0.15, 0.2) is 70.1 Å². The lowest BCUT2D eigenvalue weighted by atomic mass is 10.1. The summed E-state index contributed by atoms with van der Waals surface area (Å²) in [5.74, 6) is 0.459. The van der Waals surface area contributed by atoms with Gasteiger partial charge in [-0.2, -0.15) is 0 Å². The second-order valence-electron chi connectivity index (χ2n) is 7.45. The Morgan fingerprint density at radius 3 is 2.70 bits per heavy atom. The van der Waals surface area contributed by atoms with Crippen LogP contribution >= 0.6 is 11.6 Å². The molecule has 2 aromatic carbocycles. The molecule has 1 aliphatic heterocycles. The molecule has 1 saturated heterocycles. The van der Waals surface area contributed by atoms with Gasteiger partial charge in [0.2, 0.25) is 0 Å². The van der Waals surface area contributed by atoms with Gasteiger partial charge in [-0.25, -0.2) is 4.98 Å². The van der Waals surface area contributed by atoms with Gasteiger partial charge in [-0.15, -0.1) is 0 Å². The number of para-hydroxylation sites is 1. The number of anilines is 2.